The van der Waals surface area contributed by atoms with Gasteiger partial charge in [0.2, 0.25) is 0 Å². The fourth-order valence-electron chi connectivity index (χ4n) is 1.41. The monoisotopic (exact) mass is 243 g/mol. The van der Waals surface area contributed by atoms with Crippen molar-refractivity contribution in [1.29, 1.82) is 5.26 Å². The predicted molar refractivity (Wildman–Crippen MR) is 58.4 cm³/mol. The zero-order chi connectivity index (χ0) is 12.1. The highest BCUT2D eigenvalue weighted by Gasteiger charge is 2.18. The van der Waals surface area contributed by atoms with Crippen molar-refractivity contribution in [1.82, 2.24) is 0 Å². The highest BCUT2D eigenvalue weighted by molar-refractivity contribution is 6.32. The number of hydrogen-bond donors (Lipinski definition) is 0. The molecule has 0 aliphatic rings. The van der Waals surface area contributed by atoms with E-state index in [1.165, 1.54) is 20.3 Å². The van der Waals surface area contributed by atoms with Crippen molar-refractivity contribution >= 4 is 11.6 Å². The van der Waals surface area contributed by atoms with Crippen LogP contribution < -0.4 is 9.47 Å². The topological polar surface area (TPSA) is 42.2 Å². The summed E-state index contributed by atoms with van der Waals surface area (Å²) in [5, 5.41) is 8.77. The SMILES string of the molecule is COc1cc(Cl)c(OC)c(CCC#N)c1F. The minimum atomic E-state index is -0.529. The predicted octanol–water partition coefficient (Wildman–Crippen LogP) is 2.95. The maximum Gasteiger partial charge on any atom is 0.172 e. The van der Waals surface area contributed by atoms with Crippen molar-refractivity contribution < 1.29 is 13.9 Å². The molecule has 0 bridgehead atoms. The fourth-order valence-corrected chi connectivity index (χ4v) is 1.70. The summed E-state index contributed by atoms with van der Waals surface area (Å²) in [6, 6.07) is 3.30. The van der Waals surface area contributed by atoms with E-state index < -0.39 is 5.82 Å². The molecule has 0 fully saturated rings. The van der Waals surface area contributed by atoms with Gasteiger partial charge >= 0.3 is 0 Å². The molecular weight excluding hydrogens is 233 g/mol. The van der Waals surface area contributed by atoms with Gasteiger partial charge in [0, 0.05) is 18.1 Å². The average molecular weight is 244 g/mol. The Balaban J connectivity index is 3.28. The number of hydrogen-bond acceptors (Lipinski definition) is 3. The highest BCUT2D eigenvalue weighted by atomic mass is 35.5. The van der Waals surface area contributed by atoms with Gasteiger partial charge in [0.15, 0.2) is 11.6 Å². The number of benzene rings is 1. The summed E-state index contributed by atoms with van der Waals surface area (Å²) in [4.78, 5) is 0. The van der Waals surface area contributed by atoms with Gasteiger partial charge in [-0.3, -0.25) is 0 Å². The molecule has 5 heteroatoms. The number of rotatable bonds is 4. The molecule has 1 aromatic carbocycles. The Morgan fingerprint density at radius 1 is 1.44 bits per heavy atom. The molecule has 0 amide bonds. The van der Waals surface area contributed by atoms with Crippen molar-refractivity contribution in [2.45, 2.75) is 12.8 Å². The second kappa shape index (κ2) is 5.57. The Morgan fingerprint density at radius 3 is 2.62 bits per heavy atom. The molecule has 0 N–H and O–H groups in total. The molecule has 16 heavy (non-hydrogen) atoms. The van der Waals surface area contributed by atoms with Crippen LogP contribution in [0.1, 0.15) is 12.0 Å². The first-order valence-electron chi connectivity index (χ1n) is 4.61. The van der Waals surface area contributed by atoms with Crippen LogP contribution in [-0.2, 0) is 6.42 Å². The van der Waals surface area contributed by atoms with E-state index >= 15 is 0 Å². The molecule has 0 heterocycles. The quantitative estimate of drug-likeness (QED) is 0.817. The van der Waals surface area contributed by atoms with Crippen LogP contribution in [0.2, 0.25) is 5.02 Å². The molecule has 1 aromatic rings. The van der Waals surface area contributed by atoms with E-state index in [0.717, 1.165) is 0 Å². The Hall–Kier alpha value is -1.47. The van der Waals surface area contributed by atoms with Gasteiger partial charge in [0.05, 0.1) is 25.3 Å². The van der Waals surface area contributed by atoms with Crippen LogP contribution in [0.3, 0.4) is 0 Å². The van der Waals surface area contributed by atoms with Crippen LogP contribution in [-0.4, -0.2) is 14.2 Å². The van der Waals surface area contributed by atoms with Crippen LogP contribution in [0.4, 0.5) is 4.39 Å². The summed E-state index contributed by atoms with van der Waals surface area (Å²) in [7, 11) is 2.76. The molecular formula is C11H11ClFNO2. The molecule has 0 atom stereocenters. The third-order valence-electron chi connectivity index (χ3n) is 2.14. The first-order valence-corrected chi connectivity index (χ1v) is 4.99. The minimum absolute atomic E-state index is 0.0544. The van der Waals surface area contributed by atoms with E-state index in [2.05, 4.69) is 0 Å². The van der Waals surface area contributed by atoms with Gasteiger partial charge in [-0.15, -0.1) is 0 Å². The van der Waals surface area contributed by atoms with Gasteiger partial charge in [0.25, 0.3) is 0 Å². The van der Waals surface area contributed by atoms with Gasteiger partial charge in [-0.05, 0) is 6.42 Å². The van der Waals surface area contributed by atoms with Crippen molar-refractivity contribution in [2.75, 3.05) is 14.2 Å². The number of nitriles is 1. The molecule has 0 radical (unpaired) electrons. The molecule has 3 nitrogen and oxygen atoms in total. The zero-order valence-corrected chi connectivity index (χ0v) is 9.77. The molecule has 86 valence electrons. The number of ether oxygens (including phenoxy) is 2. The molecule has 0 spiro atoms. The van der Waals surface area contributed by atoms with Gasteiger partial charge in [0.1, 0.15) is 5.75 Å². The van der Waals surface area contributed by atoms with Crippen LogP contribution in [0.25, 0.3) is 0 Å². The number of nitrogens with zero attached hydrogens (tertiary/aromatic N) is 1. The summed E-state index contributed by atoms with van der Waals surface area (Å²) in [5.41, 5.74) is 0.272. The van der Waals surface area contributed by atoms with E-state index in [1.54, 1.807) is 0 Å². The number of methoxy groups -OCH3 is 2. The van der Waals surface area contributed by atoms with Crippen LogP contribution in [0.5, 0.6) is 11.5 Å². The Kier molecular flexibility index (Phi) is 4.39. The van der Waals surface area contributed by atoms with Crippen LogP contribution in [0.15, 0.2) is 6.07 Å². The lowest BCUT2D eigenvalue weighted by atomic mass is 10.1. The van der Waals surface area contributed by atoms with Gasteiger partial charge in [-0.25, -0.2) is 4.39 Å². The normalized spacial score (nSPS) is 9.69. The molecule has 0 aromatic heterocycles. The lowest BCUT2D eigenvalue weighted by Gasteiger charge is -2.13. The smallest absolute Gasteiger partial charge is 0.172 e. The molecule has 0 saturated heterocycles. The second-order valence-corrected chi connectivity index (χ2v) is 3.45. The maximum absolute atomic E-state index is 13.9. The Labute approximate surface area is 98.3 Å². The van der Waals surface area contributed by atoms with E-state index in [-0.39, 0.29) is 34.9 Å². The summed E-state index contributed by atoms with van der Waals surface area (Å²) in [6.45, 7) is 0. The highest BCUT2D eigenvalue weighted by Crippen LogP contribution is 2.36. The van der Waals surface area contributed by atoms with Crippen molar-refractivity contribution in [3.8, 4) is 17.6 Å². The molecule has 0 saturated carbocycles. The summed E-state index contributed by atoms with van der Waals surface area (Å²) in [5.74, 6) is -0.215. The fraction of sp³-hybridized carbons (Fsp3) is 0.364. The number of halogens is 2. The first kappa shape index (κ1) is 12.6. The Bertz CT molecular complexity index is 429. The lowest BCUT2D eigenvalue weighted by Crippen LogP contribution is -2.00. The maximum atomic E-state index is 13.9. The molecule has 1 rings (SSSR count). The van der Waals surface area contributed by atoms with Crippen LogP contribution >= 0.6 is 11.6 Å². The van der Waals surface area contributed by atoms with Gasteiger partial charge in [-0.1, -0.05) is 11.6 Å². The molecule has 0 unspecified atom stereocenters. The third kappa shape index (κ3) is 2.37. The molecule has 0 aliphatic heterocycles. The standard InChI is InChI=1S/C11H11ClFNO2/c1-15-9-6-8(12)11(16-2)7(10(9)13)4-3-5-14/h6H,3-4H2,1-2H3. The summed E-state index contributed by atoms with van der Waals surface area (Å²) < 4.78 is 23.7. The lowest BCUT2D eigenvalue weighted by molar-refractivity contribution is 0.371. The molecule has 0 aliphatic carbocycles. The second-order valence-electron chi connectivity index (χ2n) is 3.04. The van der Waals surface area contributed by atoms with Gasteiger partial charge < -0.3 is 9.47 Å². The zero-order valence-electron chi connectivity index (χ0n) is 9.01. The summed E-state index contributed by atoms with van der Waals surface area (Å²) >= 11 is 5.91. The third-order valence-corrected chi connectivity index (χ3v) is 2.42. The van der Waals surface area contributed by atoms with Crippen LogP contribution in [0, 0.1) is 17.1 Å². The van der Waals surface area contributed by atoms with E-state index in [0.29, 0.717) is 0 Å². The van der Waals surface area contributed by atoms with Crippen molar-refractivity contribution in [2.24, 2.45) is 0 Å². The summed E-state index contributed by atoms with van der Waals surface area (Å²) in [6.07, 6.45) is 0.430. The van der Waals surface area contributed by atoms with E-state index in [9.17, 15) is 4.39 Å². The van der Waals surface area contributed by atoms with Crippen molar-refractivity contribution in [3.05, 3.63) is 22.5 Å². The van der Waals surface area contributed by atoms with Crippen molar-refractivity contribution in [3.63, 3.8) is 0 Å². The first-order chi connectivity index (χ1) is 7.65. The van der Waals surface area contributed by atoms with E-state index in [1.807, 2.05) is 6.07 Å². The largest absolute Gasteiger partial charge is 0.495 e. The van der Waals surface area contributed by atoms with E-state index in [4.69, 9.17) is 26.3 Å². The average Bonchev–Trinajstić information content (AvgIpc) is 2.29. The Morgan fingerprint density at radius 2 is 2.12 bits per heavy atom. The van der Waals surface area contributed by atoms with Gasteiger partial charge in [-0.2, -0.15) is 5.26 Å². The minimum Gasteiger partial charge on any atom is -0.495 e.